The topological polar surface area (TPSA) is 32.3 Å². The second kappa shape index (κ2) is 4.38. The number of hydrazine groups is 1. The van der Waals surface area contributed by atoms with Gasteiger partial charge in [-0.3, -0.25) is 15.2 Å². The second-order valence-corrected chi connectivity index (χ2v) is 2.33. The number of anilines is 1. The van der Waals surface area contributed by atoms with Gasteiger partial charge in [-0.2, -0.15) is 0 Å². The maximum Gasteiger partial charge on any atom is 0.225 e. The zero-order valence-electron chi connectivity index (χ0n) is 7.03. The molecule has 1 aromatic carbocycles. The molecule has 1 rings (SSSR count). The predicted molar refractivity (Wildman–Crippen MR) is 48.7 cm³/mol. The van der Waals surface area contributed by atoms with E-state index in [0.717, 1.165) is 12.2 Å². The average Bonchev–Trinajstić information content (AvgIpc) is 2.15. The van der Waals surface area contributed by atoms with Crippen LogP contribution in [0.5, 0.6) is 0 Å². The summed E-state index contributed by atoms with van der Waals surface area (Å²) in [5.41, 5.74) is 3.59. The fraction of sp³-hybridized carbons (Fsp3) is 0.222. The molecule has 12 heavy (non-hydrogen) atoms. The number of para-hydroxylation sites is 1. The van der Waals surface area contributed by atoms with Crippen molar-refractivity contribution in [3.05, 3.63) is 30.3 Å². The van der Waals surface area contributed by atoms with Gasteiger partial charge in [-0.15, -0.1) is 0 Å². The normalized spacial score (nSPS) is 9.08. The molecule has 0 saturated carbocycles. The van der Waals surface area contributed by atoms with Gasteiger partial charge in [0, 0.05) is 6.54 Å². The molecule has 1 aromatic rings. The molecular formula is C9H12N2O. The molecule has 0 saturated heterocycles. The summed E-state index contributed by atoms with van der Waals surface area (Å²) in [7, 11) is 0. The second-order valence-electron chi connectivity index (χ2n) is 2.33. The minimum Gasteiger partial charge on any atom is -0.286 e. The average molecular weight is 164 g/mol. The van der Waals surface area contributed by atoms with Crippen molar-refractivity contribution in [1.29, 1.82) is 0 Å². The third kappa shape index (κ3) is 1.99. The first kappa shape index (κ1) is 8.59. The van der Waals surface area contributed by atoms with Crippen LogP contribution in [0.4, 0.5) is 5.69 Å². The molecule has 0 aliphatic heterocycles. The number of amides is 1. The van der Waals surface area contributed by atoms with E-state index in [0.29, 0.717) is 6.41 Å². The maximum absolute atomic E-state index is 10.2. The number of benzene rings is 1. The van der Waals surface area contributed by atoms with Crippen LogP contribution < -0.4 is 10.4 Å². The standard InChI is InChI=1S/C9H12N2O/c1-2-11(10-8-12)9-6-4-3-5-7-9/h3-8H,2H2,1H3,(H,10,12). The number of carbonyl (C=O) groups is 1. The molecule has 3 nitrogen and oxygen atoms in total. The quantitative estimate of drug-likeness (QED) is 0.535. The van der Waals surface area contributed by atoms with E-state index in [2.05, 4.69) is 5.43 Å². The van der Waals surface area contributed by atoms with Gasteiger partial charge in [-0.05, 0) is 19.1 Å². The minimum absolute atomic E-state index is 0.677. The molecule has 1 N–H and O–H groups in total. The molecule has 3 heteroatoms. The number of nitrogens with one attached hydrogen (secondary N) is 1. The lowest BCUT2D eigenvalue weighted by molar-refractivity contribution is -0.109. The van der Waals surface area contributed by atoms with Crippen molar-refractivity contribution in [3.8, 4) is 0 Å². The van der Waals surface area contributed by atoms with E-state index in [9.17, 15) is 4.79 Å². The Morgan fingerprint density at radius 2 is 2.08 bits per heavy atom. The smallest absolute Gasteiger partial charge is 0.225 e. The lowest BCUT2D eigenvalue weighted by Crippen LogP contribution is -2.36. The van der Waals surface area contributed by atoms with Crippen LogP contribution in [0.1, 0.15) is 6.92 Å². The zero-order chi connectivity index (χ0) is 8.81. The first-order valence-corrected chi connectivity index (χ1v) is 3.91. The van der Waals surface area contributed by atoms with Crippen molar-refractivity contribution in [3.63, 3.8) is 0 Å². The Morgan fingerprint density at radius 3 is 2.58 bits per heavy atom. The Labute approximate surface area is 72.0 Å². The summed E-state index contributed by atoms with van der Waals surface area (Å²) in [6, 6.07) is 9.70. The van der Waals surface area contributed by atoms with E-state index in [1.165, 1.54) is 0 Å². The number of nitrogens with zero attached hydrogens (tertiary/aromatic N) is 1. The van der Waals surface area contributed by atoms with Crippen LogP contribution >= 0.6 is 0 Å². The maximum atomic E-state index is 10.2. The highest BCUT2D eigenvalue weighted by Gasteiger charge is 1.99. The van der Waals surface area contributed by atoms with Crippen molar-refractivity contribution in [2.45, 2.75) is 6.92 Å². The van der Waals surface area contributed by atoms with E-state index < -0.39 is 0 Å². The highest BCUT2D eigenvalue weighted by atomic mass is 16.1. The molecule has 0 radical (unpaired) electrons. The van der Waals surface area contributed by atoms with Crippen LogP contribution in [0.3, 0.4) is 0 Å². The molecule has 64 valence electrons. The third-order valence-electron chi connectivity index (χ3n) is 1.59. The molecule has 1 amide bonds. The van der Waals surface area contributed by atoms with Gasteiger partial charge in [-0.1, -0.05) is 18.2 Å². The fourth-order valence-corrected chi connectivity index (χ4v) is 1.02. The molecule has 0 atom stereocenters. The van der Waals surface area contributed by atoms with Crippen LogP contribution in [0.15, 0.2) is 30.3 Å². The highest BCUT2D eigenvalue weighted by Crippen LogP contribution is 2.09. The molecule has 0 unspecified atom stereocenters. The Kier molecular flexibility index (Phi) is 3.14. The van der Waals surface area contributed by atoms with Crippen molar-refractivity contribution in [2.75, 3.05) is 11.6 Å². The predicted octanol–water partition coefficient (Wildman–Crippen LogP) is 1.17. The zero-order valence-corrected chi connectivity index (χ0v) is 7.03. The minimum atomic E-state index is 0.677. The molecule has 0 spiro atoms. The van der Waals surface area contributed by atoms with Crippen molar-refractivity contribution in [2.24, 2.45) is 0 Å². The summed E-state index contributed by atoms with van der Waals surface area (Å²) >= 11 is 0. The molecule has 0 aromatic heterocycles. The first-order chi connectivity index (χ1) is 5.88. The van der Waals surface area contributed by atoms with Crippen LogP contribution in [-0.4, -0.2) is 13.0 Å². The number of hydrogen-bond acceptors (Lipinski definition) is 2. The number of hydrogen-bond donors (Lipinski definition) is 1. The Morgan fingerprint density at radius 1 is 1.42 bits per heavy atom. The van der Waals surface area contributed by atoms with Crippen LogP contribution in [-0.2, 0) is 4.79 Å². The Hall–Kier alpha value is -1.51. The van der Waals surface area contributed by atoms with E-state index in [-0.39, 0.29) is 0 Å². The molecule has 0 fully saturated rings. The van der Waals surface area contributed by atoms with E-state index in [4.69, 9.17) is 0 Å². The van der Waals surface area contributed by atoms with Crippen molar-refractivity contribution in [1.82, 2.24) is 5.43 Å². The van der Waals surface area contributed by atoms with E-state index in [1.54, 1.807) is 5.01 Å². The van der Waals surface area contributed by atoms with Gasteiger partial charge in [0.25, 0.3) is 0 Å². The largest absolute Gasteiger partial charge is 0.286 e. The summed E-state index contributed by atoms with van der Waals surface area (Å²) in [4.78, 5) is 10.2. The highest BCUT2D eigenvalue weighted by molar-refractivity contribution is 5.54. The Balaban J connectivity index is 2.72. The van der Waals surface area contributed by atoms with Crippen molar-refractivity contribution >= 4 is 12.1 Å². The lowest BCUT2D eigenvalue weighted by Gasteiger charge is -2.20. The van der Waals surface area contributed by atoms with Gasteiger partial charge in [0.1, 0.15) is 0 Å². The summed E-state index contributed by atoms with van der Waals surface area (Å²) < 4.78 is 0. The fourth-order valence-electron chi connectivity index (χ4n) is 1.02. The molecule has 0 aliphatic carbocycles. The number of carbonyl (C=O) groups excluding carboxylic acids is 1. The van der Waals surface area contributed by atoms with Gasteiger partial charge >= 0.3 is 0 Å². The third-order valence-corrected chi connectivity index (χ3v) is 1.59. The summed E-state index contributed by atoms with van der Waals surface area (Å²) in [6.45, 7) is 2.73. The van der Waals surface area contributed by atoms with Crippen molar-refractivity contribution < 1.29 is 4.79 Å². The number of rotatable bonds is 4. The summed E-state index contributed by atoms with van der Waals surface area (Å²) in [5, 5.41) is 1.77. The van der Waals surface area contributed by atoms with Gasteiger partial charge in [0.2, 0.25) is 6.41 Å². The summed E-state index contributed by atoms with van der Waals surface area (Å²) in [5.74, 6) is 0. The van der Waals surface area contributed by atoms with Crippen LogP contribution in [0, 0.1) is 0 Å². The van der Waals surface area contributed by atoms with Gasteiger partial charge in [0.15, 0.2) is 0 Å². The van der Waals surface area contributed by atoms with Gasteiger partial charge < -0.3 is 0 Å². The molecule has 0 bridgehead atoms. The van der Waals surface area contributed by atoms with Gasteiger partial charge in [0.05, 0.1) is 5.69 Å². The van der Waals surface area contributed by atoms with E-state index >= 15 is 0 Å². The first-order valence-electron chi connectivity index (χ1n) is 3.91. The molecule has 0 aliphatic rings. The lowest BCUT2D eigenvalue weighted by atomic mass is 10.3. The molecule has 0 heterocycles. The SMILES string of the molecule is CCN(NC=O)c1ccccc1. The van der Waals surface area contributed by atoms with Crippen LogP contribution in [0.25, 0.3) is 0 Å². The monoisotopic (exact) mass is 164 g/mol. The Bertz CT molecular complexity index is 236. The summed E-state index contributed by atoms with van der Waals surface area (Å²) in [6.07, 6.45) is 0.677. The van der Waals surface area contributed by atoms with Crippen LogP contribution in [0.2, 0.25) is 0 Å². The van der Waals surface area contributed by atoms with E-state index in [1.807, 2.05) is 37.3 Å². The van der Waals surface area contributed by atoms with Gasteiger partial charge in [-0.25, -0.2) is 0 Å². The molecular weight excluding hydrogens is 152 g/mol.